The molecule has 0 atom stereocenters. The Hall–Kier alpha value is -2.42. The summed E-state index contributed by atoms with van der Waals surface area (Å²) in [4.78, 5) is 25.7. The molecule has 7 nitrogen and oxygen atoms in total. The van der Waals surface area contributed by atoms with Crippen molar-refractivity contribution in [1.29, 1.82) is 0 Å². The number of anilines is 2. The fourth-order valence-electron chi connectivity index (χ4n) is 3.12. The van der Waals surface area contributed by atoms with Gasteiger partial charge in [0, 0.05) is 32.4 Å². The van der Waals surface area contributed by atoms with Crippen molar-refractivity contribution in [3.8, 4) is 5.75 Å². The number of carbonyl (C=O) groups excluding carboxylic acids is 1. The number of halogens is 1. The van der Waals surface area contributed by atoms with Crippen LogP contribution in [0.5, 0.6) is 5.75 Å². The van der Waals surface area contributed by atoms with Crippen molar-refractivity contribution < 1.29 is 9.53 Å². The monoisotopic (exact) mass is 419 g/mol. The second-order valence-electron chi connectivity index (χ2n) is 6.35. The smallest absolute Gasteiger partial charge is 0.240 e. The molecule has 28 heavy (non-hydrogen) atoms. The Morgan fingerprint density at radius 2 is 2.04 bits per heavy atom. The lowest BCUT2D eigenvalue weighted by Crippen LogP contribution is -2.48. The fraction of sp³-hybridized carbons (Fsp3) is 0.316. The predicted octanol–water partition coefficient (Wildman–Crippen LogP) is 2.88. The van der Waals surface area contributed by atoms with Gasteiger partial charge in [0.05, 0.1) is 23.9 Å². The van der Waals surface area contributed by atoms with Crippen LogP contribution in [0.25, 0.3) is 10.2 Å². The average Bonchev–Trinajstić information content (AvgIpc) is 3.10. The number of nitrogens with zero attached hydrogens (tertiary/aromatic N) is 4. The Morgan fingerprint density at radius 1 is 1.21 bits per heavy atom. The molecule has 148 valence electrons. The van der Waals surface area contributed by atoms with E-state index < -0.39 is 0 Å². The highest BCUT2D eigenvalue weighted by atomic mass is 35.5. The highest BCUT2D eigenvalue weighted by molar-refractivity contribution is 7.22. The van der Waals surface area contributed by atoms with Crippen LogP contribution in [-0.4, -0.2) is 60.6 Å². The molecular weight excluding hydrogens is 398 g/mol. The third-order valence-corrected chi connectivity index (χ3v) is 5.49. The zero-order valence-corrected chi connectivity index (χ0v) is 17.1. The number of aromatic nitrogens is 2. The highest BCUT2D eigenvalue weighted by Crippen LogP contribution is 2.29. The summed E-state index contributed by atoms with van der Waals surface area (Å²) in [5, 5.41) is 3.54. The van der Waals surface area contributed by atoms with Gasteiger partial charge in [-0.15, -0.1) is 12.4 Å². The zero-order chi connectivity index (χ0) is 18.6. The van der Waals surface area contributed by atoms with Crippen molar-refractivity contribution in [2.75, 3.05) is 50.1 Å². The summed E-state index contributed by atoms with van der Waals surface area (Å²) < 4.78 is 6.22. The van der Waals surface area contributed by atoms with Crippen molar-refractivity contribution in [2.45, 2.75) is 0 Å². The number of hydrogen-bond donors (Lipinski definition) is 1. The van der Waals surface area contributed by atoms with Crippen LogP contribution in [-0.2, 0) is 4.79 Å². The van der Waals surface area contributed by atoms with Crippen molar-refractivity contribution in [3.05, 3.63) is 42.6 Å². The van der Waals surface area contributed by atoms with Gasteiger partial charge in [0.1, 0.15) is 11.6 Å². The Balaban J connectivity index is 0.00000225. The zero-order valence-electron chi connectivity index (χ0n) is 15.5. The second-order valence-corrected chi connectivity index (χ2v) is 7.38. The summed E-state index contributed by atoms with van der Waals surface area (Å²) in [6, 6.07) is 11.6. The van der Waals surface area contributed by atoms with Crippen molar-refractivity contribution >= 4 is 50.8 Å². The number of pyridine rings is 1. The SMILES string of the molecule is COc1ccc2nc(NC(=O)CN3CCN(c4ccccn4)CC3)sc2c1.Cl. The average molecular weight is 420 g/mol. The van der Waals surface area contributed by atoms with Crippen LogP contribution in [0.4, 0.5) is 10.9 Å². The molecule has 1 aliphatic heterocycles. The molecule has 0 radical (unpaired) electrons. The lowest BCUT2D eigenvalue weighted by Gasteiger charge is -2.34. The number of thiazole rings is 1. The number of methoxy groups -OCH3 is 1. The lowest BCUT2D eigenvalue weighted by atomic mass is 10.3. The topological polar surface area (TPSA) is 70.6 Å². The molecule has 4 rings (SSSR count). The Kier molecular flexibility index (Phi) is 6.66. The van der Waals surface area contributed by atoms with Crippen LogP contribution >= 0.6 is 23.7 Å². The number of nitrogens with one attached hydrogen (secondary N) is 1. The van der Waals surface area contributed by atoms with Gasteiger partial charge in [-0.25, -0.2) is 9.97 Å². The van der Waals surface area contributed by atoms with E-state index in [0.29, 0.717) is 11.7 Å². The summed E-state index contributed by atoms with van der Waals surface area (Å²) in [6.45, 7) is 3.77. The van der Waals surface area contributed by atoms with Gasteiger partial charge in [-0.05, 0) is 30.3 Å². The van der Waals surface area contributed by atoms with E-state index in [1.54, 1.807) is 7.11 Å². The summed E-state index contributed by atoms with van der Waals surface area (Å²) in [5.74, 6) is 1.74. The molecule has 0 bridgehead atoms. The van der Waals surface area contributed by atoms with E-state index in [0.717, 1.165) is 48.0 Å². The first-order chi connectivity index (χ1) is 13.2. The Morgan fingerprint density at radius 3 is 2.75 bits per heavy atom. The van der Waals surface area contributed by atoms with Gasteiger partial charge < -0.3 is 15.0 Å². The highest BCUT2D eigenvalue weighted by Gasteiger charge is 2.20. The molecule has 1 fully saturated rings. The number of piperazine rings is 1. The largest absolute Gasteiger partial charge is 0.497 e. The van der Waals surface area contributed by atoms with Crippen LogP contribution in [0.15, 0.2) is 42.6 Å². The molecule has 0 spiro atoms. The van der Waals surface area contributed by atoms with Gasteiger partial charge in [-0.2, -0.15) is 0 Å². The maximum absolute atomic E-state index is 12.4. The third-order valence-electron chi connectivity index (χ3n) is 4.55. The van der Waals surface area contributed by atoms with Crippen molar-refractivity contribution in [3.63, 3.8) is 0 Å². The van der Waals surface area contributed by atoms with Gasteiger partial charge in [0.2, 0.25) is 5.91 Å². The molecule has 1 aromatic carbocycles. The summed E-state index contributed by atoms with van der Waals surface area (Å²) in [5.41, 5.74) is 0.861. The molecule has 0 aliphatic carbocycles. The predicted molar refractivity (Wildman–Crippen MR) is 115 cm³/mol. The van der Waals surface area contributed by atoms with Crippen LogP contribution in [0.3, 0.4) is 0 Å². The van der Waals surface area contributed by atoms with Crippen LogP contribution in [0, 0.1) is 0 Å². The molecule has 1 amide bonds. The maximum Gasteiger partial charge on any atom is 0.240 e. The molecule has 1 N–H and O–H groups in total. The first kappa shape index (κ1) is 20.3. The van der Waals surface area contributed by atoms with Crippen LogP contribution in [0.2, 0.25) is 0 Å². The van der Waals surface area contributed by atoms with E-state index in [4.69, 9.17) is 4.74 Å². The van der Waals surface area contributed by atoms with Gasteiger partial charge in [-0.1, -0.05) is 17.4 Å². The Labute approximate surface area is 173 Å². The number of ether oxygens (including phenoxy) is 1. The fourth-order valence-corrected chi connectivity index (χ4v) is 4.03. The normalized spacial score (nSPS) is 14.5. The van der Waals surface area contributed by atoms with E-state index in [1.165, 1.54) is 11.3 Å². The molecule has 2 aromatic heterocycles. The standard InChI is InChI=1S/C19H21N5O2S.ClH/c1-26-14-5-6-15-16(12-14)27-19(21-15)22-18(25)13-23-8-10-24(11-9-23)17-4-2-3-7-20-17;/h2-7,12H,8-11,13H2,1H3,(H,21,22,25);1H. The number of carbonyl (C=O) groups is 1. The number of fused-ring (bicyclic) bond motifs is 1. The van der Waals surface area contributed by atoms with Crippen molar-refractivity contribution in [2.24, 2.45) is 0 Å². The van der Waals surface area contributed by atoms with E-state index >= 15 is 0 Å². The van der Waals surface area contributed by atoms with Gasteiger partial charge in [-0.3, -0.25) is 9.69 Å². The summed E-state index contributed by atoms with van der Waals surface area (Å²) in [7, 11) is 1.64. The Bertz CT molecular complexity index is 928. The lowest BCUT2D eigenvalue weighted by molar-refractivity contribution is -0.117. The summed E-state index contributed by atoms with van der Waals surface area (Å²) >= 11 is 1.46. The molecule has 0 saturated carbocycles. The number of hydrogen-bond acceptors (Lipinski definition) is 7. The number of rotatable bonds is 5. The van der Waals surface area contributed by atoms with Gasteiger partial charge >= 0.3 is 0 Å². The number of benzene rings is 1. The first-order valence-electron chi connectivity index (χ1n) is 8.84. The minimum atomic E-state index is -0.0349. The van der Waals surface area contributed by atoms with Gasteiger partial charge in [0.25, 0.3) is 0 Å². The first-order valence-corrected chi connectivity index (χ1v) is 9.66. The van der Waals surface area contributed by atoms with Crippen LogP contribution < -0.4 is 15.0 Å². The summed E-state index contributed by atoms with van der Waals surface area (Å²) in [6.07, 6.45) is 1.81. The van der Waals surface area contributed by atoms with E-state index in [1.807, 2.05) is 42.6 Å². The van der Waals surface area contributed by atoms with Crippen LogP contribution in [0.1, 0.15) is 0 Å². The minimum absolute atomic E-state index is 0. The molecule has 9 heteroatoms. The van der Waals surface area contributed by atoms with Crippen molar-refractivity contribution in [1.82, 2.24) is 14.9 Å². The maximum atomic E-state index is 12.4. The van der Waals surface area contributed by atoms with E-state index in [9.17, 15) is 4.79 Å². The molecule has 3 heterocycles. The minimum Gasteiger partial charge on any atom is -0.497 e. The van der Waals surface area contributed by atoms with E-state index in [2.05, 4.69) is 25.1 Å². The molecule has 1 aliphatic rings. The number of amides is 1. The molecule has 0 unspecified atom stereocenters. The van der Waals surface area contributed by atoms with Gasteiger partial charge in [0.15, 0.2) is 5.13 Å². The van der Waals surface area contributed by atoms with E-state index in [-0.39, 0.29) is 18.3 Å². The molecule has 1 saturated heterocycles. The molecular formula is C19H22ClN5O2S. The molecule has 3 aromatic rings. The quantitative estimate of drug-likeness (QED) is 0.685. The third kappa shape index (κ3) is 4.70. The second kappa shape index (κ2) is 9.18.